The van der Waals surface area contributed by atoms with Gasteiger partial charge in [-0.25, -0.2) is 22.8 Å². The Hall–Kier alpha value is -3.85. The van der Waals surface area contributed by atoms with Crippen LogP contribution in [-0.4, -0.2) is 39.7 Å². The summed E-state index contributed by atoms with van der Waals surface area (Å²) < 4.78 is 44.9. The molecule has 0 bridgehead atoms. The van der Waals surface area contributed by atoms with Gasteiger partial charge in [-0.3, -0.25) is 4.68 Å². The fourth-order valence-electron chi connectivity index (χ4n) is 4.32. The minimum atomic E-state index is -3.03. The Kier molecular flexibility index (Phi) is 4.63. The van der Waals surface area contributed by atoms with Crippen LogP contribution >= 0.6 is 0 Å². The second kappa shape index (κ2) is 7.59. The fraction of sp³-hybridized carbons (Fsp3) is 0.160. The van der Waals surface area contributed by atoms with Crippen LogP contribution in [0.1, 0.15) is 11.6 Å². The molecule has 7 nitrogen and oxygen atoms in total. The van der Waals surface area contributed by atoms with Gasteiger partial charge in [-0.15, -0.1) is 0 Å². The van der Waals surface area contributed by atoms with Crippen molar-refractivity contribution >= 4 is 20.9 Å². The molecule has 9 heteroatoms. The monoisotopic (exact) mass is 474 g/mol. The smallest absolute Gasteiger partial charge is 0.230 e. The number of hydrogen-bond donors (Lipinski definition) is 0. The highest BCUT2D eigenvalue weighted by molar-refractivity contribution is 7.92. The Bertz CT molecular complexity index is 1640. The highest BCUT2D eigenvalue weighted by atomic mass is 32.2. The SMILES string of the molecule is Cc1ccccc1-c1cc2c(-c3cn(C4CS(=O)(=O)C4)nc3-c3ccc(F)cc3)ncnc2o1. The van der Waals surface area contributed by atoms with E-state index < -0.39 is 9.84 Å². The fourth-order valence-corrected chi connectivity index (χ4v) is 5.70. The third-order valence-corrected chi connectivity index (χ3v) is 7.90. The van der Waals surface area contributed by atoms with Crippen LogP contribution in [0.4, 0.5) is 4.39 Å². The van der Waals surface area contributed by atoms with Crippen LogP contribution in [0.5, 0.6) is 0 Å². The quantitative estimate of drug-likeness (QED) is 0.370. The van der Waals surface area contributed by atoms with E-state index in [0.717, 1.165) is 11.1 Å². The third-order valence-electron chi connectivity index (χ3n) is 6.11. The van der Waals surface area contributed by atoms with E-state index >= 15 is 0 Å². The number of furan rings is 1. The molecule has 1 aliphatic rings. The Morgan fingerprint density at radius 1 is 1.00 bits per heavy atom. The van der Waals surface area contributed by atoms with E-state index in [-0.39, 0.29) is 23.4 Å². The Balaban J connectivity index is 1.53. The van der Waals surface area contributed by atoms with Crippen molar-refractivity contribution in [1.82, 2.24) is 19.7 Å². The Labute approximate surface area is 194 Å². The molecule has 0 spiro atoms. The normalized spacial score (nSPS) is 15.5. The first-order valence-electron chi connectivity index (χ1n) is 10.7. The van der Waals surface area contributed by atoms with Gasteiger partial charge in [0.25, 0.3) is 0 Å². The van der Waals surface area contributed by atoms with Crippen molar-refractivity contribution in [2.75, 3.05) is 11.5 Å². The van der Waals surface area contributed by atoms with Crippen molar-refractivity contribution in [1.29, 1.82) is 0 Å². The standard InChI is InChI=1S/C25H19FN4O3S/c1-15-4-2-3-5-19(15)22-10-20-24(27-14-28-25(20)33-22)21-11-30(18-12-34(31,32)13-18)29-23(21)16-6-8-17(26)9-7-16/h2-11,14,18H,12-13H2,1H3. The van der Waals surface area contributed by atoms with Gasteiger partial charge in [0.2, 0.25) is 5.71 Å². The molecule has 4 heterocycles. The molecule has 0 unspecified atom stereocenters. The van der Waals surface area contributed by atoms with E-state index in [1.54, 1.807) is 23.0 Å². The third kappa shape index (κ3) is 3.49. The predicted octanol–water partition coefficient (Wildman–Crippen LogP) is 4.84. The maximum Gasteiger partial charge on any atom is 0.230 e. The largest absolute Gasteiger partial charge is 0.438 e. The molecule has 34 heavy (non-hydrogen) atoms. The van der Waals surface area contributed by atoms with Gasteiger partial charge in [0.1, 0.15) is 23.6 Å². The van der Waals surface area contributed by atoms with E-state index in [2.05, 4.69) is 9.97 Å². The summed E-state index contributed by atoms with van der Waals surface area (Å²) in [6, 6.07) is 15.6. The van der Waals surface area contributed by atoms with Gasteiger partial charge in [0, 0.05) is 22.9 Å². The number of aromatic nitrogens is 4. The topological polar surface area (TPSA) is 90.9 Å². The summed E-state index contributed by atoms with van der Waals surface area (Å²) >= 11 is 0. The molecule has 6 rings (SSSR count). The average Bonchev–Trinajstić information content (AvgIpc) is 3.43. The zero-order chi connectivity index (χ0) is 23.4. The summed E-state index contributed by atoms with van der Waals surface area (Å²) in [5, 5.41) is 5.41. The molecule has 0 amide bonds. The highest BCUT2D eigenvalue weighted by Crippen LogP contribution is 2.38. The zero-order valence-corrected chi connectivity index (χ0v) is 19.0. The van der Waals surface area contributed by atoms with Crippen LogP contribution in [-0.2, 0) is 9.84 Å². The average molecular weight is 475 g/mol. The lowest BCUT2D eigenvalue weighted by Crippen LogP contribution is -2.38. The van der Waals surface area contributed by atoms with E-state index in [1.165, 1.54) is 18.5 Å². The van der Waals surface area contributed by atoms with Crippen LogP contribution in [0.15, 0.2) is 71.5 Å². The number of rotatable bonds is 4. The van der Waals surface area contributed by atoms with Gasteiger partial charge < -0.3 is 4.42 Å². The lowest BCUT2D eigenvalue weighted by Gasteiger charge is -2.25. The van der Waals surface area contributed by atoms with Crippen molar-refractivity contribution in [3.8, 4) is 33.8 Å². The lowest BCUT2D eigenvalue weighted by molar-refractivity contribution is 0.474. The first kappa shape index (κ1) is 20.7. The minimum absolute atomic E-state index is 0.0410. The molecule has 3 aromatic heterocycles. The number of fused-ring (bicyclic) bond motifs is 1. The van der Waals surface area contributed by atoms with Crippen LogP contribution in [0, 0.1) is 12.7 Å². The molecule has 0 N–H and O–H groups in total. The van der Waals surface area contributed by atoms with E-state index in [0.29, 0.717) is 39.4 Å². The Morgan fingerprint density at radius 3 is 2.50 bits per heavy atom. The van der Waals surface area contributed by atoms with Crippen molar-refractivity contribution in [3.63, 3.8) is 0 Å². The van der Waals surface area contributed by atoms with Crippen molar-refractivity contribution in [2.24, 2.45) is 0 Å². The minimum Gasteiger partial charge on any atom is -0.438 e. The molecule has 2 aromatic carbocycles. The summed E-state index contributed by atoms with van der Waals surface area (Å²) in [6.45, 7) is 2.01. The number of hydrogen-bond acceptors (Lipinski definition) is 6. The zero-order valence-electron chi connectivity index (χ0n) is 18.1. The number of halogens is 1. The maximum atomic E-state index is 13.6. The number of sulfone groups is 1. The second-order valence-electron chi connectivity index (χ2n) is 8.48. The van der Waals surface area contributed by atoms with E-state index in [1.807, 2.05) is 37.3 Å². The highest BCUT2D eigenvalue weighted by Gasteiger charge is 2.36. The van der Waals surface area contributed by atoms with Crippen molar-refractivity contribution in [3.05, 3.63) is 78.5 Å². The van der Waals surface area contributed by atoms with Crippen LogP contribution < -0.4 is 0 Å². The van der Waals surface area contributed by atoms with Crippen LogP contribution in [0.25, 0.3) is 44.9 Å². The van der Waals surface area contributed by atoms with Gasteiger partial charge in [-0.2, -0.15) is 5.10 Å². The first-order valence-corrected chi connectivity index (χ1v) is 12.6. The summed E-state index contributed by atoms with van der Waals surface area (Å²) in [5.74, 6) is 0.408. The summed E-state index contributed by atoms with van der Waals surface area (Å²) in [4.78, 5) is 8.85. The predicted molar refractivity (Wildman–Crippen MR) is 126 cm³/mol. The van der Waals surface area contributed by atoms with Gasteiger partial charge in [0.05, 0.1) is 28.6 Å². The van der Waals surface area contributed by atoms with Gasteiger partial charge in [0.15, 0.2) is 9.84 Å². The molecule has 1 aliphatic heterocycles. The molecule has 1 saturated heterocycles. The van der Waals surface area contributed by atoms with Gasteiger partial charge in [-0.05, 0) is 42.8 Å². The lowest BCUT2D eigenvalue weighted by atomic mass is 10.0. The Morgan fingerprint density at radius 2 is 1.76 bits per heavy atom. The van der Waals surface area contributed by atoms with Crippen molar-refractivity contribution in [2.45, 2.75) is 13.0 Å². The summed E-state index contributed by atoms with van der Waals surface area (Å²) in [7, 11) is -3.03. The molecular weight excluding hydrogens is 455 g/mol. The van der Waals surface area contributed by atoms with E-state index in [4.69, 9.17) is 9.52 Å². The molecule has 170 valence electrons. The summed E-state index contributed by atoms with van der Waals surface area (Å²) in [5.41, 5.74) is 5.06. The molecule has 0 atom stereocenters. The molecule has 0 radical (unpaired) electrons. The maximum absolute atomic E-state index is 13.6. The molecular formula is C25H19FN4O3S. The molecule has 1 fully saturated rings. The van der Waals surface area contributed by atoms with Crippen LogP contribution in [0.3, 0.4) is 0 Å². The van der Waals surface area contributed by atoms with Gasteiger partial charge in [-0.1, -0.05) is 24.3 Å². The molecule has 5 aromatic rings. The summed E-state index contributed by atoms with van der Waals surface area (Å²) in [6.07, 6.45) is 3.24. The second-order valence-corrected chi connectivity index (χ2v) is 10.6. The van der Waals surface area contributed by atoms with Crippen LogP contribution in [0.2, 0.25) is 0 Å². The number of benzene rings is 2. The molecule has 0 saturated carbocycles. The van der Waals surface area contributed by atoms with E-state index in [9.17, 15) is 12.8 Å². The number of aryl methyl sites for hydroxylation is 1. The van der Waals surface area contributed by atoms with Crippen molar-refractivity contribution < 1.29 is 17.2 Å². The molecule has 0 aliphatic carbocycles. The van der Waals surface area contributed by atoms with Gasteiger partial charge >= 0.3 is 0 Å². The number of nitrogens with zero attached hydrogens (tertiary/aromatic N) is 4. The first-order chi connectivity index (χ1) is 16.4.